The summed E-state index contributed by atoms with van der Waals surface area (Å²) in [6, 6.07) is 0. The number of ether oxygens (including phenoxy) is 1. The fraction of sp³-hybridized carbons (Fsp3) is 0.714. The Morgan fingerprint density at radius 1 is 1.45 bits per heavy atom. The first kappa shape index (κ1) is 9.94. The maximum absolute atomic E-state index is 10.9. The van der Waals surface area contributed by atoms with E-state index >= 15 is 0 Å². The van der Waals surface area contributed by atoms with E-state index < -0.39 is 6.09 Å². The first-order chi connectivity index (χ1) is 4.89. The SMILES string of the molecule is CN(C(=O)OC=O)C(C)(C)C. The van der Waals surface area contributed by atoms with Crippen LogP contribution in [0.25, 0.3) is 0 Å². The van der Waals surface area contributed by atoms with E-state index in [2.05, 4.69) is 4.74 Å². The number of carbonyl (C=O) groups is 2. The smallest absolute Gasteiger partial charge is 0.379 e. The lowest BCUT2D eigenvalue weighted by Crippen LogP contribution is -2.42. The Morgan fingerprint density at radius 2 is 1.91 bits per heavy atom. The lowest BCUT2D eigenvalue weighted by atomic mass is 10.1. The standard InChI is InChI=1S/C7H13NO3/c1-7(2,3)8(4)6(10)11-5-9/h5H,1-4H3. The zero-order valence-corrected chi connectivity index (χ0v) is 7.25. The maximum atomic E-state index is 10.9. The second-order valence-corrected chi connectivity index (χ2v) is 3.21. The van der Waals surface area contributed by atoms with E-state index in [0.717, 1.165) is 0 Å². The molecule has 0 aliphatic carbocycles. The zero-order chi connectivity index (χ0) is 9.07. The third kappa shape index (κ3) is 3.02. The Bertz CT molecular complexity index is 160. The summed E-state index contributed by atoms with van der Waals surface area (Å²) in [6.07, 6.45) is -0.632. The van der Waals surface area contributed by atoms with Gasteiger partial charge in [0.05, 0.1) is 0 Å². The molecule has 11 heavy (non-hydrogen) atoms. The number of amides is 1. The third-order valence-electron chi connectivity index (χ3n) is 1.43. The minimum Gasteiger partial charge on any atom is -0.379 e. The molecular weight excluding hydrogens is 146 g/mol. The van der Waals surface area contributed by atoms with Crippen LogP contribution in [0.3, 0.4) is 0 Å². The van der Waals surface area contributed by atoms with Gasteiger partial charge in [-0.3, -0.25) is 4.79 Å². The van der Waals surface area contributed by atoms with Crippen molar-refractivity contribution in [2.75, 3.05) is 7.05 Å². The van der Waals surface area contributed by atoms with Crippen molar-refractivity contribution in [3.8, 4) is 0 Å². The molecule has 0 heterocycles. The third-order valence-corrected chi connectivity index (χ3v) is 1.43. The predicted molar refractivity (Wildman–Crippen MR) is 40.1 cm³/mol. The summed E-state index contributed by atoms with van der Waals surface area (Å²) in [7, 11) is 1.58. The molecule has 0 unspecified atom stereocenters. The molecule has 0 aromatic carbocycles. The van der Waals surface area contributed by atoms with Gasteiger partial charge in [-0.15, -0.1) is 0 Å². The molecule has 0 spiro atoms. The molecule has 0 bridgehead atoms. The Labute approximate surface area is 66.1 Å². The topological polar surface area (TPSA) is 46.6 Å². The largest absolute Gasteiger partial charge is 0.417 e. The van der Waals surface area contributed by atoms with Crippen molar-refractivity contribution in [1.82, 2.24) is 4.90 Å². The average Bonchev–Trinajstić information content (AvgIpc) is 1.85. The number of hydrogen-bond donors (Lipinski definition) is 0. The quantitative estimate of drug-likeness (QED) is 0.423. The molecule has 1 amide bonds. The van der Waals surface area contributed by atoms with E-state index in [1.165, 1.54) is 4.90 Å². The van der Waals surface area contributed by atoms with E-state index in [4.69, 9.17) is 0 Å². The molecule has 4 heteroatoms. The zero-order valence-electron chi connectivity index (χ0n) is 7.25. The van der Waals surface area contributed by atoms with E-state index in [9.17, 15) is 9.59 Å². The molecule has 0 rings (SSSR count). The first-order valence-corrected chi connectivity index (χ1v) is 3.27. The normalized spacial score (nSPS) is 10.5. The second kappa shape index (κ2) is 3.37. The van der Waals surface area contributed by atoms with Crippen LogP contribution in [0, 0.1) is 0 Å². The molecule has 4 nitrogen and oxygen atoms in total. The summed E-state index contributed by atoms with van der Waals surface area (Å²) in [5.41, 5.74) is -0.319. The summed E-state index contributed by atoms with van der Waals surface area (Å²) >= 11 is 0. The van der Waals surface area contributed by atoms with Gasteiger partial charge in [-0.05, 0) is 20.8 Å². The van der Waals surface area contributed by atoms with Crippen LogP contribution in [-0.4, -0.2) is 30.1 Å². The fourth-order valence-electron chi connectivity index (χ4n) is 0.394. The molecule has 0 radical (unpaired) electrons. The van der Waals surface area contributed by atoms with Crippen molar-refractivity contribution < 1.29 is 14.3 Å². The number of nitrogens with zero attached hydrogens (tertiary/aromatic N) is 1. The number of rotatable bonds is 1. The molecule has 0 aromatic rings. The Balaban J connectivity index is 4.13. The average molecular weight is 159 g/mol. The predicted octanol–water partition coefficient (Wildman–Crippen LogP) is 1.01. The van der Waals surface area contributed by atoms with Crippen LogP contribution in [-0.2, 0) is 9.53 Å². The monoisotopic (exact) mass is 159 g/mol. The molecule has 0 saturated carbocycles. The fourth-order valence-corrected chi connectivity index (χ4v) is 0.394. The van der Waals surface area contributed by atoms with Crippen molar-refractivity contribution in [2.24, 2.45) is 0 Å². The molecule has 0 N–H and O–H groups in total. The lowest BCUT2D eigenvalue weighted by molar-refractivity contribution is -0.124. The van der Waals surface area contributed by atoms with Crippen LogP contribution in [0.2, 0.25) is 0 Å². The molecule has 64 valence electrons. The molecule has 0 aromatic heterocycles. The van der Waals surface area contributed by atoms with Gasteiger partial charge in [-0.25, -0.2) is 4.79 Å². The number of hydrogen-bond acceptors (Lipinski definition) is 3. The Hall–Kier alpha value is -1.06. The van der Waals surface area contributed by atoms with Gasteiger partial charge >= 0.3 is 12.6 Å². The van der Waals surface area contributed by atoms with Crippen molar-refractivity contribution in [2.45, 2.75) is 26.3 Å². The summed E-state index contributed by atoms with van der Waals surface area (Å²) < 4.78 is 4.14. The highest BCUT2D eigenvalue weighted by Crippen LogP contribution is 2.10. The van der Waals surface area contributed by atoms with Crippen LogP contribution in [0.4, 0.5) is 4.79 Å². The Morgan fingerprint density at radius 3 is 2.18 bits per heavy atom. The van der Waals surface area contributed by atoms with E-state index in [1.54, 1.807) is 7.05 Å². The first-order valence-electron chi connectivity index (χ1n) is 3.27. The molecule has 0 fully saturated rings. The van der Waals surface area contributed by atoms with Gasteiger partial charge in [0.25, 0.3) is 0 Å². The lowest BCUT2D eigenvalue weighted by Gasteiger charge is -2.29. The minimum atomic E-state index is -0.632. The summed E-state index contributed by atoms with van der Waals surface area (Å²) in [5, 5.41) is 0. The van der Waals surface area contributed by atoms with Crippen molar-refractivity contribution in [3.63, 3.8) is 0 Å². The Kier molecular flexibility index (Phi) is 3.04. The number of carbonyl (C=O) groups excluding carboxylic acids is 2. The van der Waals surface area contributed by atoms with Gasteiger partial charge in [0, 0.05) is 12.6 Å². The summed E-state index contributed by atoms with van der Waals surface area (Å²) in [6.45, 7) is 5.67. The van der Waals surface area contributed by atoms with Crippen LogP contribution in [0.15, 0.2) is 0 Å². The van der Waals surface area contributed by atoms with Crippen LogP contribution >= 0.6 is 0 Å². The summed E-state index contributed by atoms with van der Waals surface area (Å²) in [4.78, 5) is 22.0. The highest BCUT2D eigenvalue weighted by atomic mass is 16.6. The van der Waals surface area contributed by atoms with Crippen LogP contribution < -0.4 is 0 Å². The van der Waals surface area contributed by atoms with E-state index in [1.807, 2.05) is 20.8 Å². The summed E-state index contributed by atoms with van der Waals surface area (Å²) in [5.74, 6) is 0. The van der Waals surface area contributed by atoms with Gasteiger partial charge in [-0.2, -0.15) is 0 Å². The van der Waals surface area contributed by atoms with E-state index in [0.29, 0.717) is 0 Å². The van der Waals surface area contributed by atoms with Crippen LogP contribution in [0.5, 0.6) is 0 Å². The van der Waals surface area contributed by atoms with Gasteiger partial charge in [0.15, 0.2) is 0 Å². The molecule has 0 aliphatic rings. The van der Waals surface area contributed by atoms with E-state index in [-0.39, 0.29) is 12.0 Å². The molecule has 0 aliphatic heterocycles. The van der Waals surface area contributed by atoms with Crippen molar-refractivity contribution in [1.29, 1.82) is 0 Å². The highest BCUT2D eigenvalue weighted by molar-refractivity contribution is 5.75. The highest BCUT2D eigenvalue weighted by Gasteiger charge is 2.23. The molecule has 0 atom stereocenters. The van der Waals surface area contributed by atoms with Gasteiger partial charge in [-0.1, -0.05) is 0 Å². The molecular formula is C7H13NO3. The van der Waals surface area contributed by atoms with Crippen LogP contribution in [0.1, 0.15) is 20.8 Å². The van der Waals surface area contributed by atoms with Gasteiger partial charge in [0.2, 0.25) is 0 Å². The van der Waals surface area contributed by atoms with Gasteiger partial charge < -0.3 is 9.64 Å². The van der Waals surface area contributed by atoms with Crippen molar-refractivity contribution in [3.05, 3.63) is 0 Å². The van der Waals surface area contributed by atoms with Gasteiger partial charge in [0.1, 0.15) is 0 Å². The van der Waals surface area contributed by atoms with Crippen molar-refractivity contribution >= 4 is 12.6 Å². The second-order valence-electron chi connectivity index (χ2n) is 3.21. The minimum absolute atomic E-state index is 0.130. The molecule has 0 saturated heterocycles. The maximum Gasteiger partial charge on any atom is 0.417 e.